The van der Waals surface area contributed by atoms with Crippen molar-refractivity contribution >= 4 is 29.6 Å². The lowest BCUT2D eigenvalue weighted by Crippen LogP contribution is -2.34. The van der Waals surface area contributed by atoms with E-state index in [2.05, 4.69) is 5.10 Å². The number of aromatic nitrogens is 2. The molecule has 1 heterocycles. The van der Waals surface area contributed by atoms with Crippen LogP contribution in [0, 0.1) is 13.8 Å². The van der Waals surface area contributed by atoms with Crippen LogP contribution in [0.2, 0.25) is 5.02 Å². The highest BCUT2D eigenvalue weighted by molar-refractivity contribution is 6.31. The fourth-order valence-corrected chi connectivity index (χ4v) is 3.09. The smallest absolute Gasteiger partial charge is 0.331 e. The van der Waals surface area contributed by atoms with Crippen molar-refractivity contribution < 1.29 is 14.3 Å². The minimum atomic E-state index is -0.557. The number of hydrogen-bond acceptors (Lipinski definition) is 4. The summed E-state index contributed by atoms with van der Waals surface area (Å²) in [5.41, 5.74) is 3.53. The van der Waals surface area contributed by atoms with Crippen molar-refractivity contribution in [2.75, 3.05) is 19.7 Å². The summed E-state index contributed by atoms with van der Waals surface area (Å²) in [6, 6.07) is 7.62. The highest BCUT2D eigenvalue weighted by Crippen LogP contribution is 2.20. The van der Waals surface area contributed by atoms with E-state index in [9.17, 15) is 9.59 Å². The number of halogens is 1. The Morgan fingerprint density at radius 1 is 1.21 bits per heavy atom. The first kappa shape index (κ1) is 21.7. The van der Waals surface area contributed by atoms with Gasteiger partial charge in [-0.3, -0.25) is 9.48 Å². The summed E-state index contributed by atoms with van der Waals surface area (Å²) in [5.74, 6) is -0.759. The van der Waals surface area contributed by atoms with E-state index < -0.39 is 5.97 Å². The van der Waals surface area contributed by atoms with Crippen molar-refractivity contribution in [3.63, 3.8) is 0 Å². The largest absolute Gasteiger partial charge is 0.452 e. The standard InChI is InChI=1S/C21H26ClN3O3/c1-5-24(6-2)20(26)14-28-21(27)12-11-18-15(3)23-25(16(18)4)13-17-9-7-8-10-19(17)22/h7-12H,5-6,13-14H2,1-4H3/b12-11+. The predicted molar refractivity (Wildman–Crippen MR) is 110 cm³/mol. The van der Waals surface area contributed by atoms with Crippen LogP contribution in [0.1, 0.15) is 36.4 Å². The zero-order valence-electron chi connectivity index (χ0n) is 16.7. The maximum atomic E-state index is 12.0. The number of amides is 1. The van der Waals surface area contributed by atoms with Crippen LogP contribution in [-0.4, -0.2) is 46.3 Å². The quantitative estimate of drug-likeness (QED) is 0.498. The topological polar surface area (TPSA) is 64.4 Å². The third kappa shape index (κ3) is 5.45. The highest BCUT2D eigenvalue weighted by Gasteiger charge is 2.13. The molecule has 0 saturated heterocycles. The molecule has 0 aliphatic carbocycles. The molecule has 28 heavy (non-hydrogen) atoms. The molecule has 6 nitrogen and oxygen atoms in total. The van der Waals surface area contributed by atoms with E-state index >= 15 is 0 Å². The first-order valence-corrected chi connectivity index (χ1v) is 9.65. The molecule has 0 aliphatic heterocycles. The molecule has 1 aromatic carbocycles. The van der Waals surface area contributed by atoms with Crippen LogP contribution >= 0.6 is 11.6 Å². The summed E-state index contributed by atoms with van der Waals surface area (Å²) in [5, 5.41) is 5.23. The Morgan fingerprint density at radius 2 is 1.89 bits per heavy atom. The Kier molecular flexibility index (Phi) is 7.81. The van der Waals surface area contributed by atoms with E-state index in [1.165, 1.54) is 6.08 Å². The van der Waals surface area contributed by atoms with Crippen LogP contribution in [0.5, 0.6) is 0 Å². The number of nitrogens with zero attached hydrogens (tertiary/aromatic N) is 3. The third-order valence-corrected chi connectivity index (χ3v) is 4.92. The van der Waals surface area contributed by atoms with Crippen LogP contribution < -0.4 is 0 Å². The van der Waals surface area contributed by atoms with Gasteiger partial charge in [-0.05, 0) is 45.4 Å². The molecule has 0 unspecified atom stereocenters. The molecule has 0 spiro atoms. The zero-order chi connectivity index (χ0) is 20.7. The van der Waals surface area contributed by atoms with Gasteiger partial charge in [0.25, 0.3) is 5.91 Å². The average molecular weight is 404 g/mol. The summed E-state index contributed by atoms with van der Waals surface area (Å²) in [6.07, 6.45) is 3.00. The van der Waals surface area contributed by atoms with E-state index in [0.29, 0.717) is 24.7 Å². The lowest BCUT2D eigenvalue weighted by atomic mass is 10.1. The first-order chi connectivity index (χ1) is 13.4. The second-order valence-corrected chi connectivity index (χ2v) is 6.75. The molecular weight excluding hydrogens is 378 g/mol. The van der Waals surface area contributed by atoms with Gasteiger partial charge in [-0.2, -0.15) is 5.10 Å². The molecular formula is C21H26ClN3O3. The molecule has 0 bridgehead atoms. The fraction of sp³-hybridized carbons (Fsp3) is 0.381. The minimum Gasteiger partial charge on any atom is -0.452 e. The molecule has 150 valence electrons. The Bertz CT molecular complexity index is 870. The summed E-state index contributed by atoms with van der Waals surface area (Å²) >= 11 is 6.23. The molecule has 2 rings (SSSR count). The van der Waals surface area contributed by atoms with E-state index in [-0.39, 0.29) is 12.5 Å². The number of esters is 1. The van der Waals surface area contributed by atoms with Gasteiger partial charge in [0.2, 0.25) is 0 Å². The molecule has 0 N–H and O–H groups in total. The van der Waals surface area contributed by atoms with E-state index in [4.69, 9.17) is 16.3 Å². The summed E-state index contributed by atoms with van der Waals surface area (Å²) in [6.45, 7) is 9.05. The number of rotatable bonds is 8. The number of likely N-dealkylation sites (N-methyl/N-ethyl adjacent to an activating group) is 1. The Labute approximate surface area is 170 Å². The monoisotopic (exact) mass is 403 g/mol. The van der Waals surface area contributed by atoms with Crippen molar-refractivity contribution in [1.29, 1.82) is 0 Å². The van der Waals surface area contributed by atoms with E-state index in [0.717, 1.165) is 22.5 Å². The molecule has 1 amide bonds. The summed E-state index contributed by atoms with van der Waals surface area (Å²) < 4.78 is 6.90. The Balaban J connectivity index is 2.04. The Morgan fingerprint density at radius 3 is 2.54 bits per heavy atom. The molecule has 7 heteroatoms. The predicted octanol–water partition coefficient (Wildman–Crippen LogP) is 3.63. The molecule has 0 saturated carbocycles. The highest BCUT2D eigenvalue weighted by atomic mass is 35.5. The van der Waals surface area contributed by atoms with Gasteiger partial charge in [0.05, 0.1) is 12.2 Å². The van der Waals surface area contributed by atoms with Crippen molar-refractivity contribution in [2.24, 2.45) is 0 Å². The summed E-state index contributed by atoms with van der Waals surface area (Å²) in [7, 11) is 0. The van der Waals surface area contributed by atoms with Gasteiger partial charge >= 0.3 is 5.97 Å². The third-order valence-electron chi connectivity index (χ3n) is 4.56. The lowest BCUT2D eigenvalue weighted by Gasteiger charge is -2.17. The fourth-order valence-electron chi connectivity index (χ4n) is 2.89. The number of aryl methyl sites for hydroxylation is 1. The van der Waals surface area contributed by atoms with Gasteiger partial charge < -0.3 is 9.64 Å². The van der Waals surface area contributed by atoms with Crippen LogP contribution in [-0.2, 0) is 20.9 Å². The average Bonchev–Trinajstić information content (AvgIpc) is 2.94. The maximum absolute atomic E-state index is 12.0. The Hall–Kier alpha value is -2.60. The van der Waals surface area contributed by atoms with Gasteiger partial charge in [0, 0.05) is 35.4 Å². The van der Waals surface area contributed by atoms with Crippen molar-refractivity contribution in [3.05, 3.63) is 57.9 Å². The first-order valence-electron chi connectivity index (χ1n) is 9.27. The summed E-state index contributed by atoms with van der Waals surface area (Å²) in [4.78, 5) is 25.5. The second-order valence-electron chi connectivity index (χ2n) is 6.34. The van der Waals surface area contributed by atoms with Crippen LogP contribution in [0.25, 0.3) is 6.08 Å². The number of hydrogen-bond donors (Lipinski definition) is 0. The van der Waals surface area contributed by atoms with Gasteiger partial charge in [-0.15, -0.1) is 0 Å². The van der Waals surface area contributed by atoms with Crippen molar-refractivity contribution in [3.8, 4) is 0 Å². The van der Waals surface area contributed by atoms with E-state index in [1.807, 2.05) is 56.6 Å². The zero-order valence-corrected chi connectivity index (χ0v) is 17.5. The van der Waals surface area contributed by atoms with Gasteiger partial charge in [0.15, 0.2) is 6.61 Å². The number of carbonyl (C=O) groups excluding carboxylic acids is 2. The molecule has 2 aromatic rings. The van der Waals surface area contributed by atoms with Crippen LogP contribution in [0.15, 0.2) is 30.3 Å². The molecule has 1 aromatic heterocycles. The normalized spacial score (nSPS) is 11.0. The minimum absolute atomic E-state index is 0.202. The van der Waals surface area contributed by atoms with E-state index in [1.54, 1.807) is 11.0 Å². The number of carbonyl (C=O) groups is 2. The van der Waals surface area contributed by atoms with Gasteiger partial charge in [0.1, 0.15) is 0 Å². The molecule has 0 aliphatic rings. The molecule has 0 fully saturated rings. The van der Waals surface area contributed by atoms with Gasteiger partial charge in [-0.25, -0.2) is 4.79 Å². The second kappa shape index (κ2) is 10.1. The number of benzene rings is 1. The molecule has 0 atom stereocenters. The number of ether oxygens (including phenoxy) is 1. The molecule has 0 radical (unpaired) electrons. The lowest BCUT2D eigenvalue weighted by molar-refractivity contribution is -0.147. The van der Waals surface area contributed by atoms with Crippen LogP contribution in [0.3, 0.4) is 0 Å². The van der Waals surface area contributed by atoms with Crippen molar-refractivity contribution in [2.45, 2.75) is 34.2 Å². The maximum Gasteiger partial charge on any atom is 0.331 e. The van der Waals surface area contributed by atoms with Crippen LogP contribution in [0.4, 0.5) is 0 Å². The van der Waals surface area contributed by atoms with Gasteiger partial charge in [-0.1, -0.05) is 29.8 Å². The van der Waals surface area contributed by atoms with Crippen molar-refractivity contribution in [1.82, 2.24) is 14.7 Å². The SMILES string of the molecule is CCN(CC)C(=O)COC(=O)/C=C/c1c(C)nn(Cc2ccccc2Cl)c1C.